The van der Waals surface area contributed by atoms with Crippen LogP contribution in [-0.4, -0.2) is 78.6 Å². The molecule has 0 spiro atoms. The van der Waals surface area contributed by atoms with Crippen molar-refractivity contribution in [2.24, 2.45) is 0 Å². The first kappa shape index (κ1) is 24.6. The number of nitrogens with zero attached hydrogens (tertiary/aromatic N) is 3. The van der Waals surface area contributed by atoms with Gasteiger partial charge in [-0.3, -0.25) is 9.69 Å². The summed E-state index contributed by atoms with van der Waals surface area (Å²) in [6.45, 7) is 0.0625. The Morgan fingerprint density at radius 3 is 2.47 bits per heavy atom. The Morgan fingerprint density at radius 1 is 1.09 bits per heavy atom. The van der Waals surface area contributed by atoms with Crippen LogP contribution in [0.5, 0.6) is 0 Å². The molecule has 1 aliphatic carbocycles. The van der Waals surface area contributed by atoms with Crippen molar-refractivity contribution in [2.45, 2.75) is 50.7 Å². The summed E-state index contributed by atoms with van der Waals surface area (Å²) in [6.07, 6.45) is 1.63. The van der Waals surface area contributed by atoms with E-state index in [-0.39, 0.29) is 30.1 Å². The lowest BCUT2D eigenvalue weighted by atomic mass is 9.94. The van der Waals surface area contributed by atoms with E-state index in [1.807, 2.05) is 0 Å². The van der Waals surface area contributed by atoms with Crippen molar-refractivity contribution in [2.75, 3.05) is 45.1 Å². The van der Waals surface area contributed by atoms with Crippen LogP contribution in [0.25, 0.3) is 0 Å². The summed E-state index contributed by atoms with van der Waals surface area (Å²) in [5.74, 6) is -0.142. The molecule has 6 nitrogen and oxygen atoms in total. The van der Waals surface area contributed by atoms with E-state index in [0.29, 0.717) is 30.8 Å². The summed E-state index contributed by atoms with van der Waals surface area (Å²) in [4.78, 5) is 30.1. The van der Waals surface area contributed by atoms with Crippen LogP contribution in [0.1, 0.15) is 48.9 Å². The van der Waals surface area contributed by atoms with Gasteiger partial charge in [-0.15, -0.1) is 0 Å². The third-order valence-corrected chi connectivity index (χ3v) is 6.48. The van der Waals surface area contributed by atoms with Crippen LogP contribution in [0.4, 0.5) is 23.7 Å². The molecule has 1 aliphatic heterocycles. The van der Waals surface area contributed by atoms with Crippen LogP contribution in [0.2, 0.25) is 5.02 Å². The number of benzene rings is 1. The molecule has 32 heavy (non-hydrogen) atoms. The van der Waals surface area contributed by atoms with E-state index >= 15 is 0 Å². The second kappa shape index (κ2) is 10.7. The second-order valence-corrected chi connectivity index (χ2v) is 8.97. The molecule has 2 aliphatic rings. The molecule has 3 rings (SSSR count). The van der Waals surface area contributed by atoms with E-state index in [9.17, 15) is 22.8 Å². The molecule has 0 bridgehead atoms. The number of hydrogen-bond donors (Lipinski definition) is 1. The van der Waals surface area contributed by atoms with Gasteiger partial charge in [0.15, 0.2) is 0 Å². The van der Waals surface area contributed by atoms with E-state index in [1.54, 1.807) is 24.1 Å². The fraction of sp³-hybridized carbons (Fsp3) is 0.636. The monoisotopic (exact) mass is 474 g/mol. The van der Waals surface area contributed by atoms with Gasteiger partial charge in [-0.2, -0.15) is 13.2 Å². The number of amides is 3. The van der Waals surface area contributed by atoms with E-state index in [1.165, 1.54) is 22.3 Å². The molecule has 1 aromatic carbocycles. The normalized spacial score (nSPS) is 18.8. The lowest BCUT2D eigenvalue weighted by molar-refractivity contribution is -0.145. The predicted octanol–water partition coefficient (Wildman–Crippen LogP) is 4.85. The summed E-state index contributed by atoms with van der Waals surface area (Å²) in [5, 5.41) is 2.99. The molecular formula is C22H30ClF3N4O2. The van der Waals surface area contributed by atoms with Gasteiger partial charge in [-0.1, -0.05) is 30.9 Å². The van der Waals surface area contributed by atoms with Crippen LogP contribution in [0, 0.1) is 0 Å². The Bertz CT molecular complexity index is 815. The van der Waals surface area contributed by atoms with Gasteiger partial charge in [0.05, 0.1) is 17.1 Å². The first-order valence-electron chi connectivity index (χ1n) is 11.1. The van der Waals surface area contributed by atoms with E-state index in [4.69, 9.17) is 11.6 Å². The van der Waals surface area contributed by atoms with Crippen molar-refractivity contribution in [3.8, 4) is 0 Å². The highest BCUT2D eigenvalue weighted by Gasteiger charge is 2.32. The molecule has 1 N–H and O–H groups in total. The van der Waals surface area contributed by atoms with Gasteiger partial charge in [-0.25, -0.2) is 4.79 Å². The number of anilines is 1. The van der Waals surface area contributed by atoms with Gasteiger partial charge in [0, 0.05) is 45.0 Å². The summed E-state index contributed by atoms with van der Waals surface area (Å²) in [6, 6.07) is 4.59. The quantitative estimate of drug-likeness (QED) is 0.679. The lowest BCUT2D eigenvalue weighted by Crippen LogP contribution is -2.40. The van der Waals surface area contributed by atoms with E-state index in [2.05, 4.69) is 5.32 Å². The van der Waals surface area contributed by atoms with Crippen molar-refractivity contribution in [3.05, 3.63) is 28.8 Å². The van der Waals surface area contributed by atoms with Crippen molar-refractivity contribution in [1.82, 2.24) is 14.7 Å². The lowest BCUT2D eigenvalue weighted by Gasteiger charge is -2.31. The fourth-order valence-electron chi connectivity index (χ4n) is 4.38. The zero-order valence-corrected chi connectivity index (χ0v) is 19.0. The molecule has 0 atom stereocenters. The van der Waals surface area contributed by atoms with Gasteiger partial charge in [0.1, 0.15) is 0 Å². The fourth-order valence-corrected chi connectivity index (χ4v) is 4.64. The third kappa shape index (κ3) is 6.75. The Morgan fingerprint density at radius 2 is 1.81 bits per heavy atom. The van der Waals surface area contributed by atoms with Crippen LogP contribution >= 0.6 is 11.6 Å². The highest BCUT2D eigenvalue weighted by molar-refractivity contribution is 6.34. The Balaban J connectivity index is 1.57. The average Bonchev–Trinajstić information content (AvgIpc) is 2.98. The molecule has 3 amide bonds. The van der Waals surface area contributed by atoms with Crippen molar-refractivity contribution in [1.29, 1.82) is 0 Å². The number of rotatable bonds is 4. The molecular weight excluding hydrogens is 445 g/mol. The summed E-state index contributed by atoms with van der Waals surface area (Å²) in [5.41, 5.74) is 0.823. The van der Waals surface area contributed by atoms with Gasteiger partial charge < -0.3 is 15.1 Å². The highest BCUT2D eigenvalue weighted by atomic mass is 35.5. The largest absolute Gasteiger partial charge is 0.401 e. The molecule has 178 valence electrons. The number of halogens is 4. The third-order valence-electron chi connectivity index (χ3n) is 6.17. The SMILES string of the molecule is CN(C(=O)c1ccc(NC(=O)N2CCCN(CC(F)(F)F)CC2)cc1Cl)C1CCCCC1. The second-order valence-electron chi connectivity index (χ2n) is 8.56. The Labute approximate surface area is 191 Å². The van der Waals surface area contributed by atoms with Crippen LogP contribution in [-0.2, 0) is 0 Å². The molecule has 1 saturated carbocycles. The van der Waals surface area contributed by atoms with Crippen LogP contribution in [0.3, 0.4) is 0 Å². The molecule has 1 heterocycles. The number of carbonyl (C=O) groups excluding carboxylic acids is 2. The summed E-state index contributed by atoms with van der Waals surface area (Å²) in [7, 11) is 1.80. The van der Waals surface area contributed by atoms with Crippen molar-refractivity contribution >= 4 is 29.2 Å². The maximum Gasteiger partial charge on any atom is 0.401 e. The van der Waals surface area contributed by atoms with E-state index in [0.717, 1.165) is 25.7 Å². The molecule has 1 saturated heterocycles. The maximum atomic E-state index is 12.9. The van der Waals surface area contributed by atoms with Gasteiger partial charge in [-0.05, 0) is 37.5 Å². The van der Waals surface area contributed by atoms with Crippen molar-refractivity contribution in [3.63, 3.8) is 0 Å². The zero-order valence-electron chi connectivity index (χ0n) is 18.3. The van der Waals surface area contributed by atoms with Gasteiger partial charge in [0.2, 0.25) is 0 Å². The number of carbonyl (C=O) groups is 2. The molecule has 0 unspecified atom stereocenters. The van der Waals surface area contributed by atoms with Gasteiger partial charge >= 0.3 is 12.2 Å². The first-order valence-corrected chi connectivity index (χ1v) is 11.4. The highest BCUT2D eigenvalue weighted by Crippen LogP contribution is 2.27. The van der Waals surface area contributed by atoms with E-state index < -0.39 is 18.8 Å². The topological polar surface area (TPSA) is 55.9 Å². The number of alkyl halides is 3. The Hall–Kier alpha value is -2.00. The summed E-state index contributed by atoms with van der Waals surface area (Å²) < 4.78 is 37.9. The standard InChI is InChI=1S/C22H30ClF3N4O2/c1-28(17-6-3-2-4-7-17)20(31)18-9-8-16(14-19(18)23)27-21(32)30-11-5-10-29(12-13-30)15-22(24,25)26/h8-9,14,17H,2-7,10-13,15H2,1H3,(H,27,32). The molecule has 0 aromatic heterocycles. The maximum absolute atomic E-state index is 12.9. The minimum absolute atomic E-state index is 0.142. The Kier molecular flexibility index (Phi) is 8.27. The minimum atomic E-state index is -4.25. The average molecular weight is 475 g/mol. The van der Waals surface area contributed by atoms with Gasteiger partial charge in [0.25, 0.3) is 5.91 Å². The summed E-state index contributed by atoms with van der Waals surface area (Å²) >= 11 is 6.36. The zero-order chi connectivity index (χ0) is 23.3. The minimum Gasteiger partial charge on any atom is -0.339 e. The molecule has 2 fully saturated rings. The predicted molar refractivity (Wildman–Crippen MR) is 118 cm³/mol. The number of urea groups is 1. The molecule has 1 aromatic rings. The number of hydrogen-bond acceptors (Lipinski definition) is 3. The van der Waals surface area contributed by atoms with Crippen LogP contribution in [0.15, 0.2) is 18.2 Å². The van der Waals surface area contributed by atoms with Crippen LogP contribution < -0.4 is 5.32 Å². The van der Waals surface area contributed by atoms with Crippen molar-refractivity contribution < 1.29 is 22.8 Å². The molecule has 0 radical (unpaired) electrons. The number of nitrogens with one attached hydrogen (secondary N) is 1. The first-order chi connectivity index (χ1) is 15.1. The molecule has 10 heteroatoms. The smallest absolute Gasteiger partial charge is 0.339 e.